The van der Waals surface area contributed by atoms with Crippen molar-refractivity contribution in [1.82, 2.24) is 9.88 Å². The number of amides is 1. The van der Waals surface area contributed by atoms with Crippen LogP contribution in [0.5, 0.6) is 0 Å². The highest BCUT2D eigenvalue weighted by Gasteiger charge is 2.25. The van der Waals surface area contributed by atoms with Crippen LogP contribution in [-0.4, -0.2) is 28.9 Å². The zero-order valence-corrected chi connectivity index (χ0v) is 13.4. The second-order valence-corrected chi connectivity index (χ2v) is 6.27. The third-order valence-electron chi connectivity index (χ3n) is 4.22. The lowest BCUT2D eigenvalue weighted by Crippen LogP contribution is -2.38. The number of aryl methyl sites for hydroxylation is 1. The highest BCUT2D eigenvalue weighted by molar-refractivity contribution is 6.30. The lowest BCUT2D eigenvalue weighted by Gasteiger charge is -2.32. The highest BCUT2D eigenvalue weighted by atomic mass is 35.5. The zero-order chi connectivity index (χ0) is 15.5. The van der Waals surface area contributed by atoms with Crippen LogP contribution in [0.3, 0.4) is 0 Å². The molecule has 4 heteroatoms. The number of hydrogen-bond donors (Lipinski definition) is 0. The molecule has 2 aromatic rings. The van der Waals surface area contributed by atoms with Crippen molar-refractivity contribution in [2.45, 2.75) is 25.7 Å². The minimum absolute atomic E-state index is 0.131. The number of carbonyl (C=O) groups is 1. The third kappa shape index (κ3) is 3.30. The molecular formula is C18H19ClN2O. The number of aromatic nitrogens is 1. The zero-order valence-electron chi connectivity index (χ0n) is 12.6. The van der Waals surface area contributed by atoms with Gasteiger partial charge in [-0.2, -0.15) is 0 Å². The molecular weight excluding hydrogens is 296 g/mol. The Balaban J connectivity index is 1.64. The number of rotatable bonds is 2. The molecule has 0 atom stereocenters. The number of likely N-dealkylation sites (tertiary alicyclic amines) is 1. The van der Waals surface area contributed by atoms with Crippen molar-refractivity contribution in [2.24, 2.45) is 0 Å². The van der Waals surface area contributed by atoms with E-state index >= 15 is 0 Å². The number of hydrogen-bond acceptors (Lipinski definition) is 2. The van der Waals surface area contributed by atoms with E-state index in [1.54, 1.807) is 6.20 Å². The van der Waals surface area contributed by atoms with Gasteiger partial charge in [0.15, 0.2) is 0 Å². The molecule has 0 unspecified atom stereocenters. The summed E-state index contributed by atoms with van der Waals surface area (Å²) in [6, 6.07) is 11.7. The molecule has 22 heavy (non-hydrogen) atoms. The molecule has 0 saturated carbocycles. The summed E-state index contributed by atoms with van der Waals surface area (Å²) in [5.74, 6) is 0.546. The van der Waals surface area contributed by atoms with E-state index in [0.717, 1.165) is 42.8 Å². The summed E-state index contributed by atoms with van der Waals surface area (Å²) in [6.45, 7) is 3.57. The summed E-state index contributed by atoms with van der Waals surface area (Å²) in [4.78, 5) is 18.9. The maximum Gasteiger partial charge on any atom is 0.253 e. The average molecular weight is 315 g/mol. The van der Waals surface area contributed by atoms with E-state index in [9.17, 15) is 4.79 Å². The van der Waals surface area contributed by atoms with Crippen LogP contribution in [0, 0.1) is 6.92 Å². The molecule has 0 N–H and O–H groups in total. The standard InChI is InChI=1S/C18H19ClN2O/c1-13-3-2-4-15(11-13)18(22)21-9-7-14(8-10-21)17-6-5-16(19)12-20-17/h2-6,11-12,14H,7-10H2,1H3. The molecule has 2 heterocycles. The van der Waals surface area contributed by atoms with E-state index in [2.05, 4.69) is 4.98 Å². The fourth-order valence-corrected chi connectivity index (χ4v) is 3.08. The predicted molar refractivity (Wildman–Crippen MR) is 88.3 cm³/mol. The van der Waals surface area contributed by atoms with Crippen LogP contribution in [-0.2, 0) is 0 Å². The smallest absolute Gasteiger partial charge is 0.253 e. The van der Waals surface area contributed by atoms with E-state index in [4.69, 9.17) is 11.6 Å². The number of pyridine rings is 1. The van der Waals surface area contributed by atoms with Crippen molar-refractivity contribution in [2.75, 3.05) is 13.1 Å². The maximum atomic E-state index is 12.5. The van der Waals surface area contributed by atoms with Crippen molar-refractivity contribution in [1.29, 1.82) is 0 Å². The van der Waals surface area contributed by atoms with Crippen molar-refractivity contribution in [3.8, 4) is 0 Å². The Bertz CT molecular complexity index is 661. The van der Waals surface area contributed by atoms with Crippen LogP contribution >= 0.6 is 11.6 Å². The van der Waals surface area contributed by atoms with Gasteiger partial charge >= 0.3 is 0 Å². The van der Waals surface area contributed by atoms with Crippen LogP contribution in [0.15, 0.2) is 42.6 Å². The average Bonchev–Trinajstić information content (AvgIpc) is 2.55. The summed E-state index contributed by atoms with van der Waals surface area (Å²) in [5.41, 5.74) is 2.97. The molecule has 1 aromatic heterocycles. The first-order valence-corrected chi connectivity index (χ1v) is 7.98. The topological polar surface area (TPSA) is 33.2 Å². The van der Waals surface area contributed by atoms with Gasteiger partial charge in [-0.05, 0) is 44.0 Å². The minimum atomic E-state index is 0.131. The first kappa shape index (κ1) is 15.0. The summed E-state index contributed by atoms with van der Waals surface area (Å²) in [6.07, 6.45) is 3.60. The van der Waals surface area contributed by atoms with E-state index in [1.807, 2.05) is 48.2 Å². The van der Waals surface area contributed by atoms with Crippen LogP contribution in [0.1, 0.15) is 40.4 Å². The molecule has 0 spiro atoms. The number of carbonyl (C=O) groups excluding carboxylic acids is 1. The molecule has 1 aliphatic rings. The molecule has 1 saturated heterocycles. The lowest BCUT2D eigenvalue weighted by atomic mass is 9.92. The molecule has 0 radical (unpaired) electrons. The number of nitrogens with zero attached hydrogens (tertiary/aromatic N) is 2. The van der Waals surface area contributed by atoms with Crippen LogP contribution in [0.25, 0.3) is 0 Å². The number of halogens is 1. The van der Waals surface area contributed by atoms with Gasteiger partial charge < -0.3 is 4.90 Å². The van der Waals surface area contributed by atoms with Crippen LogP contribution < -0.4 is 0 Å². The molecule has 3 nitrogen and oxygen atoms in total. The quantitative estimate of drug-likeness (QED) is 0.837. The van der Waals surface area contributed by atoms with Crippen molar-refractivity contribution in [3.05, 3.63) is 64.4 Å². The Labute approximate surface area is 135 Å². The summed E-state index contributed by atoms with van der Waals surface area (Å²) < 4.78 is 0. The molecule has 0 aliphatic carbocycles. The number of piperidine rings is 1. The Morgan fingerprint density at radius 3 is 2.64 bits per heavy atom. The second kappa shape index (κ2) is 6.49. The fourth-order valence-electron chi connectivity index (χ4n) is 2.97. The van der Waals surface area contributed by atoms with Gasteiger partial charge in [-0.15, -0.1) is 0 Å². The molecule has 1 amide bonds. The molecule has 1 fully saturated rings. The molecule has 3 rings (SSSR count). The van der Waals surface area contributed by atoms with E-state index in [0.29, 0.717) is 10.9 Å². The third-order valence-corrected chi connectivity index (χ3v) is 4.44. The first-order valence-electron chi connectivity index (χ1n) is 7.61. The van der Waals surface area contributed by atoms with Gasteiger partial charge in [-0.1, -0.05) is 29.3 Å². The van der Waals surface area contributed by atoms with Crippen LogP contribution in [0.4, 0.5) is 0 Å². The van der Waals surface area contributed by atoms with Crippen molar-refractivity contribution < 1.29 is 4.79 Å². The molecule has 1 aromatic carbocycles. The van der Waals surface area contributed by atoms with E-state index < -0.39 is 0 Å². The largest absolute Gasteiger partial charge is 0.339 e. The Kier molecular flexibility index (Phi) is 4.44. The van der Waals surface area contributed by atoms with Gasteiger partial charge in [-0.3, -0.25) is 9.78 Å². The van der Waals surface area contributed by atoms with Gasteiger partial charge in [0, 0.05) is 36.5 Å². The predicted octanol–water partition coefficient (Wildman–Crippen LogP) is 4.06. The fraction of sp³-hybridized carbons (Fsp3) is 0.333. The Morgan fingerprint density at radius 1 is 1.23 bits per heavy atom. The molecule has 0 bridgehead atoms. The maximum absolute atomic E-state index is 12.5. The van der Waals surface area contributed by atoms with Gasteiger partial charge in [0.05, 0.1) is 5.02 Å². The Hall–Kier alpha value is -1.87. The molecule has 114 valence electrons. The summed E-state index contributed by atoms with van der Waals surface area (Å²) in [7, 11) is 0. The normalized spacial score (nSPS) is 15.8. The van der Waals surface area contributed by atoms with Crippen molar-refractivity contribution >= 4 is 17.5 Å². The van der Waals surface area contributed by atoms with Gasteiger partial charge in [0.25, 0.3) is 5.91 Å². The SMILES string of the molecule is Cc1cccc(C(=O)N2CCC(c3ccc(Cl)cn3)CC2)c1. The van der Waals surface area contributed by atoms with Crippen molar-refractivity contribution in [3.63, 3.8) is 0 Å². The van der Waals surface area contributed by atoms with Gasteiger partial charge in [-0.25, -0.2) is 0 Å². The monoisotopic (exact) mass is 314 g/mol. The van der Waals surface area contributed by atoms with Crippen LogP contribution in [0.2, 0.25) is 5.02 Å². The second-order valence-electron chi connectivity index (χ2n) is 5.84. The minimum Gasteiger partial charge on any atom is -0.339 e. The number of benzene rings is 1. The van der Waals surface area contributed by atoms with E-state index in [-0.39, 0.29) is 5.91 Å². The van der Waals surface area contributed by atoms with Gasteiger partial charge in [0.1, 0.15) is 0 Å². The lowest BCUT2D eigenvalue weighted by molar-refractivity contribution is 0.0712. The highest BCUT2D eigenvalue weighted by Crippen LogP contribution is 2.28. The molecule has 1 aliphatic heterocycles. The first-order chi connectivity index (χ1) is 10.6. The Morgan fingerprint density at radius 2 is 2.00 bits per heavy atom. The summed E-state index contributed by atoms with van der Waals surface area (Å²) >= 11 is 5.88. The summed E-state index contributed by atoms with van der Waals surface area (Å²) in [5, 5.41) is 0.663. The van der Waals surface area contributed by atoms with Gasteiger partial charge in [0.2, 0.25) is 0 Å². The van der Waals surface area contributed by atoms with E-state index in [1.165, 1.54) is 0 Å².